The summed E-state index contributed by atoms with van der Waals surface area (Å²) in [5.41, 5.74) is 4.85. The maximum atomic E-state index is 14.0. The molecule has 2 aromatic rings. The van der Waals surface area contributed by atoms with Crippen LogP contribution in [0.25, 0.3) is 0 Å². The van der Waals surface area contributed by atoms with Crippen LogP contribution in [0.4, 0.5) is 18.0 Å². The van der Waals surface area contributed by atoms with Gasteiger partial charge in [0.15, 0.2) is 0 Å². The number of rotatable bonds is 7. The van der Waals surface area contributed by atoms with Gasteiger partial charge in [-0.05, 0) is 38.5 Å². The highest BCUT2D eigenvalue weighted by Crippen LogP contribution is 2.32. The number of hydrogen-bond donors (Lipinski definition) is 3. The fraction of sp³-hybridized carbons (Fsp3) is 0.409. The molecule has 4 N–H and O–H groups in total. The Kier molecular flexibility index (Phi) is 9.81. The van der Waals surface area contributed by atoms with Crippen LogP contribution >= 0.6 is 0 Å². The Labute approximate surface area is 175 Å². The van der Waals surface area contributed by atoms with Crippen LogP contribution in [0.3, 0.4) is 0 Å². The molecule has 0 aromatic heterocycles. The molecule has 1 atom stereocenters. The number of hydrogen-bond acceptors (Lipinski definition) is 4. The van der Waals surface area contributed by atoms with Gasteiger partial charge < -0.3 is 20.9 Å². The fourth-order valence-electron chi connectivity index (χ4n) is 2.50. The zero-order chi connectivity index (χ0) is 22.8. The van der Waals surface area contributed by atoms with E-state index in [1.807, 2.05) is 0 Å². The fourth-order valence-corrected chi connectivity index (χ4v) is 2.50. The minimum atomic E-state index is -3.08. The molecule has 30 heavy (non-hydrogen) atoms. The van der Waals surface area contributed by atoms with E-state index in [0.717, 1.165) is 0 Å². The summed E-state index contributed by atoms with van der Waals surface area (Å²) < 4.78 is 45.5. The van der Waals surface area contributed by atoms with Crippen LogP contribution < -0.4 is 11.1 Å². The van der Waals surface area contributed by atoms with E-state index in [2.05, 4.69) is 10.1 Å². The number of alkyl halides is 2. The van der Waals surface area contributed by atoms with E-state index in [0.29, 0.717) is 12.1 Å². The number of amides is 1. The first-order valence-corrected chi connectivity index (χ1v) is 9.44. The average molecular weight is 426 g/mol. The molecule has 2 aromatic carbocycles. The molecule has 0 fully saturated rings. The molecule has 0 saturated carbocycles. The van der Waals surface area contributed by atoms with Crippen molar-refractivity contribution in [2.45, 2.75) is 51.4 Å². The molecule has 2 rings (SSSR count). The highest BCUT2D eigenvalue weighted by atomic mass is 19.3. The third kappa shape index (κ3) is 10.8. The molecule has 0 aliphatic carbocycles. The second-order valence-electron chi connectivity index (χ2n) is 7.72. The van der Waals surface area contributed by atoms with E-state index in [-0.39, 0.29) is 17.9 Å². The van der Waals surface area contributed by atoms with E-state index in [4.69, 9.17) is 5.73 Å². The Morgan fingerprint density at radius 2 is 1.77 bits per heavy atom. The molecule has 0 spiro atoms. The molecule has 0 aliphatic rings. The summed E-state index contributed by atoms with van der Waals surface area (Å²) >= 11 is 0. The number of aliphatic hydroxyl groups excluding tert-OH is 1. The van der Waals surface area contributed by atoms with Crippen molar-refractivity contribution >= 4 is 6.09 Å². The van der Waals surface area contributed by atoms with Gasteiger partial charge in [-0.3, -0.25) is 0 Å². The first-order valence-electron chi connectivity index (χ1n) is 9.44. The van der Waals surface area contributed by atoms with Gasteiger partial charge in [-0.25, -0.2) is 18.0 Å². The topological polar surface area (TPSA) is 84.6 Å². The average Bonchev–Trinajstić information content (AvgIpc) is 2.60. The highest BCUT2D eigenvalue weighted by molar-refractivity contribution is 5.65. The third-order valence-corrected chi connectivity index (χ3v) is 3.69. The number of primary amides is 1. The van der Waals surface area contributed by atoms with Crippen LogP contribution in [0.15, 0.2) is 54.6 Å². The van der Waals surface area contributed by atoms with Gasteiger partial charge in [0.1, 0.15) is 11.4 Å². The Morgan fingerprint density at radius 1 is 1.13 bits per heavy atom. The predicted molar refractivity (Wildman–Crippen MR) is 109 cm³/mol. The second kappa shape index (κ2) is 11.6. The number of nitrogens with one attached hydrogen (secondary N) is 1. The van der Waals surface area contributed by atoms with Gasteiger partial charge >= 0.3 is 6.09 Å². The van der Waals surface area contributed by atoms with E-state index in [1.54, 1.807) is 39.0 Å². The van der Waals surface area contributed by atoms with E-state index >= 15 is 0 Å². The first kappa shape index (κ1) is 25.5. The predicted octanol–water partition coefficient (Wildman–Crippen LogP) is 4.34. The number of aliphatic hydroxyl groups is 1. The molecule has 0 heterocycles. The summed E-state index contributed by atoms with van der Waals surface area (Å²) in [6, 6.07) is 13.4. The van der Waals surface area contributed by atoms with Gasteiger partial charge in [0.25, 0.3) is 5.92 Å². The Bertz CT molecular complexity index is 781. The molecule has 5 nitrogen and oxygen atoms in total. The first-order chi connectivity index (χ1) is 13.9. The van der Waals surface area contributed by atoms with Crippen molar-refractivity contribution in [1.82, 2.24) is 5.32 Å². The minimum Gasteiger partial charge on any atom is -0.444 e. The van der Waals surface area contributed by atoms with E-state index in [9.17, 15) is 23.1 Å². The Balaban J connectivity index is 0.000000479. The zero-order valence-electron chi connectivity index (χ0n) is 17.4. The van der Waals surface area contributed by atoms with Gasteiger partial charge in [-0.15, -0.1) is 0 Å². The van der Waals surface area contributed by atoms with E-state index < -0.39 is 30.1 Å². The molecule has 0 aliphatic heterocycles. The highest BCUT2D eigenvalue weighted by Gasteiger charge is 2.33. The summed E-state index contributed by atoms with van der Waals surface area (Å²) in [5, 5.41) is 12.6. The number of halogens is 3. The van der Waals surface area contributed by atoms with Gasteiger partial charge in [0, 0.05) is 25.1 Å². The second-order valence-corrected chi connectivity index (χ2v) is 7.72. The zero-order valence-corrected chi connectivity index (χ0v) is 17.4. The van der Waals surface area contributed by atoms with Gasteiger partial charge in [0.2, 0.25) is 0 Å². The molecule has 1 amide bonds. The molecule has 8 heteroatoms. The number of carbonyl (C=O) groups excluding carboxylic acids is 1. The van der Waals surface area contributed by atoms with Crippen LogP contribution in [0.5, 0.6) is 0 Å². The standard InChI is InChI=1S/C17H18F3NO.C5H11NO2/c18-15-8-4-5-13(9-15)11-21-12-16(22)10-17(19,20)14-6-2-1-3-7-14;1-5(2,3)8-4(6)7/h1-9,16,21-22H,10-12H2;1-3H3,(H2,6,7). The molecule has 0 bridgehead atoms. The van der Waals surface area contributed by atoms with Crippen LogP contribution in [0.1, 0.15) is 38.3 Å². The number of ether oxygens (including phenoxy) is 1. The van der Waals surface area contributed by atoms with Crippen LogP contribution in [0, 0.1) is 5.82 Å². The van der Waals surface area contributed by atoms with Crippen molar-refractivity contribution in [3.05, 3.63) is 71.5 Å². The van der Waals surface area contributed by atoms with Crippen molar-refractivity contribution < 1.29 is 27.8 Å². The van der Waals surface area contributed by atoms with Crippen molar-refractivity contribution in [2.75, 3.05) is 6.54 Å². The molecular weight excluding hydrogens is 397 g/mol. The van der Waals surface area contributed by atoms with Crippen molar-refractivity contribution in [3.63, 3.8) is 0 Å². The van der Waals surface area contributed by atoms with Crippen molar-refractivity contribution in [3.8, 4) is 0 Å². The Morgan fingerprint density at radius 3 is 2.27 bits per heavy atom. The smallest absolute Gasteiger partial charge is 0.405 e. The minimum absolute atomic E-state index is 0.0128. The molecule has 0 saturated heterocycles. The lowest BCUT2D eigenvalue weighted by Gasteiger charge is -2.20. The lowest BCUT2D eigenvalue weighted by atomic mass is 10.0. The van der Waals surface area contributed by atoms with Gasteiger partial charge in [-0.2, -0.15) is 0 Å². The lowest BCUT2D eigenvalue weighted by Crippen LogP contribution is -2.31. The van der Waals surface area contributed by atoms with E-state index in [1.165, 1.54) is 36.4 Å². The maximum absolute atomic E-state index is 14.0. The molecular formula is C22H29F3N2O3. The maximum Gasteiger partial charge on any atom is 0.405 e. The third-order valence-electron chi connectivity index (χ3n) is 3.69. The van der Waals surface area contributed by atoms with Gasteiger partial charge in [0.05, 0.1) is 6.10 Å². The largest absolute Gasteiger partial charge is 0.444 e. The summed E-state index contributed by atoms with van der Waals surface area (Å²) in [6.45, 7) is 5.61. The lowest BCUT2D eigenvalue weighted by molar-refractivity contribution is -0.0493. The monoisotopic (exact) mass is 426 g/mol. The van der Waals surface area contributed by atoms with Crippen LogP contribution in [-0.4, -0.2) is 29.4 Å². The summed E-state index contributed by atoms with van der Waals surface area (Å²) in [4.78, 5) is 10.0. The van der Waals surface area contributed by atoms with Crippen molar-refractivity contribution in [2.24, 2.45) is 5.73 Å². The number of benzene rings is 2. The number of carbonyl (C=O) groups is 1. The number of nitrogens with two attached hydrogens (primary N) is 1. The van der Waals surface area contributed by atoms with Crippen LogP contribution in [-0.2, 0) is 17.2 Å². The quantitative estimate of drug-likeness (QED) is 0.615. The molecule has 1 unspecified atom stereocenters. The summed E-state index contributed by atoms with van der Waals surface area (Å²) in [6.07, 6.45) is -2.58. The van der Waals surface area contributed by atoms with Crippen LogP contribution in [0.2, 0.25) is 0 Å². The molecule has 0 radical (unpaired) electrons. The summed E-state index contributed by atoms with van der Waals surface area (Å²) in [7, 11) is 0. The van der Waals surface area contributed by atoms with Crippen molar-refractivity contribution in [1.29, 1.82) is 0 Å². The SMILES string of the molecule is CC(C)(C)OC(N)=O.OC(CNCc1cccc(F)c1)CC(F)(F)c1ccccc1. The summed E-state index contributed by atoms with van der Waals surface area (Å²) in [5.74, 6) is -3.43. The normalized spacial score (nSPS) is 12.5. The molecule has 166 valence electrons. The Hall–Kier alpha value is -2.58. The van der Waals surface area contributed by atoms with Gasteiger partial charge in [-0.1, -0.05) is 42.5 Å².